The fourth-order valence-corrected chi connectivity index (χ4v) is 2.05. The Kier molecular flexibility index (Phi) is 3.26. The first-order chi connectivity index (χ1) is 5.65. The van der Waals surface area contributed by atoms with E-state index in [1.54, 1.807) is 18.3 Å². The molecule has 1 heterocycles. The second-order valence-corrected chi connectivity index (χ2v) is 4.12. The maximum absolute atomic E-state index is 9.24. The maximum Gasteiger partial charge on any atom is 0.0712 e. The number of aliphatic hydroxyl groups is 1. The van der Waals surface area contributed by atoms with Gasteiger partial charge in [-0.2, -0.15) is 0 Å². The maximum atomic E-state index is 9.24. The minimum atomic E-state index is -0.464. The van der Waals surface area contributed by atoms with E-state index in [4.69, 9.17) is 5.73 Å². The molecule has 0 radical (unpaired) electrons. The van der Waals surface area contributed by atoms with Gasteiger partial charge in [0.25, 0.3) is 0 Å². The lowest BCUT2D eigenvalue weighted by Crippen LogP contribution is -2.21. The van der Waals surface area contributed by atoms with E-state index in [1.807, 2.05) is 6.07 Å². The molecule has 0 aromatic carbocycles. The van der Waals surface area contributed by atoms with Crippen LogP contribution < -0.4 is 5.73 Å². The number of thiophene rings is 1. The lowest BCUT2D eigenvalue weighted by molar-refractivity contribution is 0.165. The van der Waals surface area contributed by atoms with Crippen LogP contribution in [-0.4, -0.2) is 11.2 Å². The van der Waals surface area contributed by atoms with Crippen molar-refractivity contribution in [2.45, 2.75) is 32.4 Å². The van der Waals surface area contributed by atoms with Crippen molar-refractivity contribution in [2.24, 2.45) is 5.73 Å². The molecule has 12 heavy (non-hydrogen) atoms. The molecule has 3 heteroatoms. The first-order valence-electron chi connectivity index (χ1n) is 4.17. The summed E-state index contributed by atoms with van der Waals surface area (Å²) >= 11 is 1.68. The van der Waals surface area contributed by atoms with Gasteiger partial charge in [0.05, 0.1) is 12.1 Å². The molecule has 1 aromatic heterocycles. The van der Waals surface area contributed by atoms with Gasteiger partial charge in [0.15, 0.2) is 0 Å². The van der Waals surface area contributed by atoms with E-state index < -0.39 is 6.10 Å². The van der Waals surface area contributed by atoms with Crippen LogP contribution in [0.25, 0.3) is 0 Å². The van der Waals surface area contributed by atoms with Gasteiger partial charge in [-0.05, 0) is 25.5 Å². The third-order valence-electron chi connectivity index (χ3n) is 1.88. The predicted octanol–water partition coefficient (Wildman–Crippen LogP) is 1.69. The molecule has 2 atom stereocenters. The van der Waals surface area contributed by atoms with Crippen molar-refractivity contribution in [3.05, 3.63) is 21.9 Å². The molecule has 0 saturated carbocycles. The highest BCUT2D eigenvalue weighted by atomic mass is 32.1. The van der Waals surface area contributed by atoms with Gasteiger partial charge in [0.1, 0.15) is 0 Å². The summed E-state index contributed by atoms with van der Waals surface area (Å²) in [5.74, 6) is 0. The third-order valence-corrected chi connectivity index (χ3v) is 3.21. The number of hydrogen-bond acceptors (Lipinski definition) is 3. The fraction of sp³-hybridized carbons (Fsp3) is 0.556. The summed E-state index contributed by atoms with van der Waals surface area (Å²) in [6.07, 6.45) is 0.574. The summed E-state index contributed by atoms with van der Waals surface area (Å²) in [4.78, 5) is 2.39. The van der Waals surface area contributed by atoms with Gasteiger partial charge in [0, 0.05) is 9.75 Å². The Bertz CT molecular complexity index is 244. The zero-order valence-corrected chi connectivity index (χ0v) is 8.27. The zero-order valence-electron chi connectivity index (χ0n) is 7.45. The van der Waals surface area contributed by atoms with Crippen molar-refractivity contribution in [3.63, 3.8) is 0 Å². The summed E-state index contributed by atoms with van der Waals surface area (Å²) in [5, 5.41) is 9.24. The van der Waals surface area contributed by atoms with Gasteiger partial charge < -0.3 is 10.8 Å². The number of hydrogen-bond donors (Lipinski definition) is 2. The summed E-state index contributed by atoms with van der Waals surface area (Å²) in [7, 11) is 0. The minimum absolute atomic E-state index is 0.227. The second kappa shape index (κ2) is 4.03. The molecule has 0 aliphatic rings. The molecule has 0 unspecified atom stereocenters. The molecule has 0 bridgehead atoms. The molecule has 1 rings (SSSR count). The molecule has 0 aliphatic heterocycles. The number of aliphatic hydroxyl groups excluding tert-OH is 1. The largest absolute Gasteiger partial charge is 0.391 e. The molecule has 0 spiro atoms. The van der Waals surface area contributed by atoms with E-state index in [0.717, 1.165) is 11.3 Å². The Balaban J connectivity index is 2.74. The molecule has 1 aromatic rings. The highest BCUT2D eigenvalue weighted by Gasteiger charge is 2.13. The average molecular weight is 185 g/mol. The summed E-state index contributed by atoms with van der Waals surface area (Å²) in [6, 6.07) is 3.85. The SMILES string of the molecule is CCc1ccc([C@H](N)[C@@H](C)O)s1. The van der Waals surface area contributed by atoms with Gasteiger partial charge in [-0.1, -0.05) is 6.92 Å². The standard InChI is InChI=1S/C9H15NOS/c1-3-7-4-5-8(12-7)9(10)6(2)11/h4-6,9,11H,3,10H2,1-2H3/t6-,9-/m1/s1. The van der Waals surface area contributed by atoms with Gasteiger partial charge in [-0.25, -0.2) is 0 Å². The molecular formula is C9H15NOS. The van der Waals surface area contributed by atoms with Crippen LogP contribution >= 0.6 is 11.3 Å². The van der Waals surface area contributed by atoms with Crippen LogP contribution in [0, 0.1) is 0 Å². The molecule has 3 N–H and O–H groups in total. The second-order valence-electron chi connectivity index (χ2n) is 2.92. The zero-order chi connectivity index (χ0) is 9.14. The van der Waals surface area contributed by atoms with Gasteiger partial charge >= 0.3 is 0 Å². The van der Waals surface area contributed by atoms with Crippen LogP contribution in [0.3, 0.4) is 0 Å². The predicted molar refractivity (Wildman–Crippen MR) is 52.3 cm³/mol. The Labute approximate surface area is 77.0 Å². The molecule has 2 nitrogen and oxygen atoms in total. The van der Waals surface area contributed by atoms with E-state index in [9.17, 15) is 5.11 Å². The first-order valence-corrected chi connectivity index (χ1v) is 4.99. The summed E-state index contributed by atoms with van der Waals surface area (Å²) < 4.78 is 0. The first kappa shape index (κ1) is 9.71. The Hall–Kier alpha value is -0.380. The van der Waals surface area contributed by atoms with E-state index in [0.29, 0.717) is 0 Å². The lowest BCUT2D eigenvalue weighted by atomic mass is 10.1. The normalized spacial score (nSPS) is 16.0. The Morgan fingerprint density at radius 1 is 1.58 bits per heavy atom. The van der Waals surface area contributed by atoms with Crippen LogP contribution in [0.5, 0.6) is 0 Å². The Morgan fingerprint density at radius 3 is 2.67 bits per heavy atom. The van der Waals surface area contributed by atoms with Crippen molar-refractivity contribution in [2.75, 3.05) is 0 Å². The molecule has 68 valence electrons. The molecule has 0 fully saturated rings. The average Bonchev–Trinajstić information content (AvgIpc) is 2.50. The highest BCUT2D eigenvalue weighted by molar-refractivity contribution is 7.12. The fourth-order valence-electron chi connectivity index (χ4n) is 1.00. The van der Waals surface area contributed by atoms with Crippen molar-refractivity contribution in [1.82, 2.24) is 0 Å². The lowest BCUT2D eigenvalue weighted by Gasteiger charge is -2.11. The Morgan fingerprint density at radius 2 is 2.25 bits per heavy atom. The van der Waals surface area contributed by atoms with E-state index in [1.165, 1.54) is 4.88 Å². The van der Waals surface area contributed by atoms with Crippen molar-refractivity contribution in [1.29, 1.82) is 0 Å². The van der Waals surface area contributed by atoms with E-state index in [2.05, 4.69) is 13.0 Å². The van der Waals surface area contributed by atoms with Gasteiger partial charge in [0.2, 0.25) is 0 Å². The molecule has 0 saturated heterocycles. The van der Waals surface area contributed by atoms with Crippen molar-refractivity contribution in [3.8, 4) is 0 Å². The van der Waals surface area contributed by atoms with Crippen LogP contribution in [0.1, 0.15) is 29.6 Å². The number of rotatable bonds is 3. The monoisotopic (exact) mass is 185 g/mol. The van der Waals surface area contributed by atoms with Crippen LogP contribution in [0.4, 0.5) is 0 Å². The van der Waals surface area contributed by atoms with E-state index >= 15 is 0 Å². The van der Waals surface area contributed by atoms with Crippen molar-refractivity contribution >= 4 is 11.3 Å². The molecular weight excluding hydrogens is 170 g/mol. The molecule has 0 aliphatic carbocycles. The summed E-state index contributed by atoms with van der Waals surface area (Å²) in [6.45, 7) is 3.83. The smallest absolute Gasteiger partial charge is 0.0712 e. The van der Waals surface area contributed by atoms with Gasteiger partial charge in [-0.3, -0.25) is 0 Å². The third kappa shape index (κ3) is 2.06. The number of aryl methyl sites for hydroxylation is 1. The summed E-state index contributed by atoms with van der Waals surface area (Å²) in [5.41, 5.74) is 5.77. The number of nitrogens with two attached hydrogens (primary N) is 1. The van der Waals surface area contributed by atoms with Crippen LogP contribution in [0.2, 0.25) is 0 Å². The van der Waals surface area contributed by atoms with Crippen LogP contribution in [0.15, 0.2) is 12.1 Å². The van der Waals surface area contributed by atoms with Crippen LogP contribution in [-0.2, 0) is 6.42 Å². The van der Waals surface area contributed by atoms with Crippen molar-refractivity contribution < 1.29 is 5.11 Å². The quantitative estimate of drug-likeness (QED) is 0.752. The van der Waals surface area contributed by atoms with Gasteiger partial charge in [-0.15, -0.1) is 11.3 Å². The highest BCUT2D eigenvalue weighted by Crippen LogP contribution is 2.23. The van der Waals surface area contributed by atoms with E-state index in [-0.39, 0.29) is 6.04 Å². The topological polar surface area (TPSA) is 46.2 Å². The minimum Gasteiger partial charge on any atom is -0.391 e. The molecule has 0 amide bonds.